The summed E-state index contributed by atoms with van der Waals surface area (Å²) in [6.45, 7) is 6.64. The van der Waals surface area contributed by atoms with Crippen molar-refractivity contribution in [2.24, 2.45) is 11.3 Å². The fourth-order valence-corrected chi connectivity index (χ4v) is 1.27. The highest BCUT2D eigenvalue weighted by Crippen LogP contribution is 2.25. The molecule has 1 atom stereocenters. The molecule has 1 heterocycles. The zero-order valence-corrected chi connectivity index (χ0v) is 9.04. The van der Waals surface area contributed by atoms with Gasteiger partial charge in [-0.1, -0.05) is 20.8 Å². The van der Waals surface area contributed by atoms with Crippen LogP contribution in [-0.4, -0.2) is 15.4 Å². The van der Waals surface area contributed by atoms with Crippen molar-refractivity contribution in [1.29, 1.82) is 0 Å². The van der Waals surface area contributed by atoms with Crippen LogP contribution >= 0.6 is 0 Å². The molecule has 14 heavy (non-hydrogen) atoms. The summed E-state index contributed by atoms with van der Waals surface area (Å²) in [7, 11) is 0. The largest absolute Gasteiger partial charge is 0.271 e. The molecule has 0 amide bonds. The molecule has 1 unspecified atom stereocenters. The van der Waals surface area contributed by atoms with E-state index in [2.05, 4.69) is 41.6 Å². The Hall–Kier alpha value is -0.940. The quantitative estimate of drug-likeness (QED) is 0.499. The van der Waals surface area contributed by atoms with Crippen molar-refractivity contribution in [2.45, 2.75) is 39.7 Å². The van der Waals surface area contributed by atoms with Crippen molar-refractivity contribution >= 4 is 0 Å². The van der Waals surface area contributed by atoms with Crippen LogP contribution in [0.3, 0.4) is 0 Å². The molecule has 1 aromatic rings. The van der Waals surface area contributed by atoms with Crippen molar-refractivity contribution in [1.82, 2.24) is 20.8 Å². The van der Waals surface area contributed by atoms with Gasteiger partial charge in [0.05, 0.1) is 12.2 Å². The Morgan fingerprint density at radius 1 is 1.57 bits per heavy atom. The second-order valence-corrected chi connectivity index (χ2v) is 4.71. The third kappa shape index (κ3) is 3.43. The topological polar surface area (TPSA) is 79.6 Å². The third-order valence-corrected chi connectivity index (χ3v) is 2.17. The molecule has 0 bridgehead atoms. The minimum atomic E-state index is 0.0907. The van der Waals surface area contributed by atoms with Crippen LogP contribution in [0.5, 0.6) is 0 Å². The van der Waals surface area contributed by atoms with Crippen LogP contribution < -0.4 is 11.3 Å². The standard InChI is InChI=1S/C9H19N5/c1-9(2,3)5-4-7(12-10)8-6-11-14-13-8/h6-7,12H,4-5,10H2,1-3H3,(H,11,13,14). The Morgan fingerprint density at radius 2 is 2.29 bits per heavy atom. The van der Waals surface area contributed by atoms with Crippen LogP contribution in [0.15, 0.2) is 6.20 Å². The highest BCUT2D eigenvalue weighted by Gasteiger charge is 2.17. The van der Waals surface area contributed by atoms with E-state index in [4.69, 9.17) is 5.84 Å². The van der Waals surface area contributed by atoms with Crippen LogP contribution in [0, 0.1) is 5.41 Å². The van der Waals surface area contributed by atoms with E-state index >= 15 is 0 Å². The molecule has 0 spiro atoms. The summed E-state index contributed by atoms with van der Waals surface area (Å²) in [5.74, 6) is 5.46. The number of nitrogens with one attached hydrogen (secondary N) is 2. The van der Waals surface area contributed by atoms with E-state index in [0.717, 1.165) is 18.5 Å². The van der Waals surface area contributed by atoms with Gasteiger partial charge in [-0.15, -0.1) is 0 Å². The fraction of sp³-hybridized carbons (Fsp3) is 0.778. The number of hydrogen-bond donors (Lipinski definition) is 3. The maximum atomic E-state index is 5.46. The van der Waals surface area contributed by atoms with Crippen LogP contribution in [0.4, 0.5) is 0 Å². The molecule has 0 saturated heterocycles. The lowest BCUT2D eigenvalue weighted by Gasteiger charge is -2.21. The summed E-state index contributed by atoms with van der Waals surface area (Å²) in [5.41, 5.74) is 3.94. The first-order chi connectivity index (χ1) is 6.53. The van der Waals surface area contributed by atoms with E-state index in [-0.39, 0.29) is 6.04 Å². The SMILES string of the molecule is CC(C)(C)CCC(NN)c1cn[nH]n1. The van der Waals surface area contributed by atoms with Gasteiger partial charge in [0, 0.05) is 0 Å². The van der Waals surface area contributed by atoms with Gasteiger partial charge in [0.15, 0.2) is 0 Å². The Morgan fingerprint density at radius 3 is 2.71 bits per heavy atom. The third-order valence-electron chi connectivity index (χ3n) is 2.17. The van der Waals surface area contributed by atoms with Gasteiger partial charge in [0.25, 0.3) is 0 Å². The Balaban J connectivity index is 2.49. The predicted octanol–water partition coefficient (Wildman–Crippen LogP) is 1.14. The molecule has 5 nitrogen and oxygen atoms in total. The van der Waals surface area contributed by atoms with Gasteiger partial charge in [0.2, 0.25) is 0 Å². The molecule has 80 valence electrons. The van der Waals surface area contributed by atoms with E-state index in [0.29, 0.717) is 5.41 Å². The lowest BCUT2D eigenvalue weighted by Crippen LogP contribution is -2.29. The second kappa shape index (κ2) is 4.52. The first-order valence-corrected chi connectivity index (χ1v) is 4.85. The lowest BCUT2D eigenvalue weighted by molar-refractivity contribution is 0.331. The van der Waals surface area contributed by atoms with Gasteiger partial charge in [0.1, 0.15) is 5.69 Å². The fourth-order valence-electron chi connectivity index (χ4n) is 1.27. The molecule has 0 aliphatic rings. The molecule has 0 radical (unpaired) electrons. The highest BCUT2D eigenvalue weighted by atomic mass is 15.3. The van der Waals surface area contributed by atoms with Crippen LogP contribution in [0.2, 0.25) is 0 Å². The summed E-state index contributed by atoms with van der Waals surface area (Å²) in [6.07, 6.45) is 3.76. The maximum absolute atomic E-state index is 5.46. The zero-order chi connectivity index (χ0) is 10.6. The molecule has 4 N–H and O–H groups in total. The number of aromatic amines is 1. The van der Waals surface area contributed by atoms with Crippen molar-refractivity contribution in [2.75, 3.05) is 0 Å². The van der Waals surface area contributed by atoms with Gasteiger partial charge < -0.3 is 0 Å². The molecule has 5 heteroatoms. The normalized spacial score (nSPS) is 14.3. The molecule has 1 aromatic heterocycles. The number of aromatic nitrogens is 3. The van der Waals surface area contributed by atoms with Crippen LogP contribution in [0.25, 0.3) is 0 Å². The molecular formula is C9H19N5. The van der Waals surface area contributed by atoms with Crippen molar-refractivity contribution < 1.29 is 0 Å². The van der Waals surface area contributed by atoms with E-state index in [9.17, 15) is 0 Å². The Bertz CT molecular complexity index is 249. The number of rotatable bonds is 4. The number of hydrogen-bond acceptors (Lipinski definition) is 4. The second-order valence-electron chi connectivity index (χ2n) is 4.71. The number of hydrazine groups is 1. The minimum absolute atomic E-state index is 0.0907. The molecule has 0 saturated carbocycles. The average Bonchev–Trinajstić information content (AvgIpc) is 2.56. The lowest BCUT2D eigenvalue weighted by atomic mass is 9.88. The van der Waals surface area contributed by atoms with Gasteiger partial charge in [-0.3, -0.25) is 11.3 Å². The molecular weight excluding hydrogens is 178 g/mol. The van der Waals surface area contributed by atoms with Gasteiger partial charge in [-0.25, -0.2) is 0 Å². The first-order valence-electron chi connectivity index (χ1n) is 4.85. The van der Waals surface area contributed by atoms with Crippen molar-refractivity contribution in [3.63, 3.8) is 0 Å². The van der Waals surface area contributed by atoms with E-state index in [1.165, 1.54) is 0 Å². The predicted molar refractivity (Wildman–Crippen MR) is 55.1 cm³/mol. The van der Waals surface area contributed by atoms with Gasteiger partial charge >= 0.3 is 0 Å². The van der Waals surface area contributed by atoms with Crippen LogP contribution in [0.1, 0.15) is 45.3 Å². The van der Waals surface area contributed by atoms with E-state index in [1.54, 1.807) is 6.20 Å². The molecule has 0 aliphatic heterocycles. The van der Waals surface area contributed by atoms with Crippen LogP contribution in [-0.2, 0) is 0 Å². The molecule has 0 aromatic carbocycles. The van der Waals surface area contributed by atoms with Gasteiger partial charge in [-0.2, -0.15) is 15.4 Å². The number of H-pyrrole nitrogens is 1. The van der Waals surface area contributed by atoms with E-state index < -0.39 is 0 Å². The summed E-state index contributed by atoms with van der Waals surface area (Å²) in [6, 6.07) is 0.0907. The molecule has 0 fully saturated rings. The average molecular weight is 197 g/mol. The number of nitrogens with two attached hydrogens (primary N) is 1. The molecule has 0 aliphatic carbocycles. The van der Waals surface area contributed by atoms with Crippen molar-refractivity contribution in [3.8, 4) is 0 Å². The zero-order valence-electron chi connectivity index (χ0n) is 9.04. The Labute approximate surface area is 84.4 Å². The summed E-state index contributed by atoms with van der Waals surface area (Å²) in [4.78, 5) is 0. The summed E-state index contributed by atoms with van der Waals surface area (Å²) >= 11 is 0. The highest BCUT2D eigenvalue weighted by molar-refractivity contribution is 4.98. The van der Waals surface area contributed by atoms with Crippen molar-refractivity contribution in [3.05, 3.63) is 11.9 Å². The first kappa shape index (κ1) is 11.1. The Kier molecular flexibility index (Phi) is 3.60. The summed E-state index contributed by atoms with van der Waals surface area (Å²) < 4.78 is 0. The smallest absolute Gasteiger partial charge is 0.101 e. The monoisotopic (exact) mass is 197 g/mol. The maximum Gasteiger partial charge on any atom is 0.101 e. The number of nitrogens with zero attached hydrogens (tertiary/aromatic N) is 2. The summed E-state index contributed by atoms with van der Waals surface area (Å²) in [5, 5.41) is 10.4. The van der Waals surface area contributed by atoms with Gasteiger partial charge in [-0.05, 0) is 18.3 Å². The molecule has 1 rings (SSSR count). The van der Waals surface area contributed by atoms with E-state index in [1.807, 2.05) is 0 Å². The minimum Gasteiger partial charge on any atom is -0.271 e.